The van der Waals surface area contributed by atoms with Gasteiger partial charge in [-0.15, -0.1) is 0 Å². The van der Waals surface area contributed by atoms with Crippen molar-refractivity contribution in [2.75, 3.05) is 20.8 Å². The number of aryl methyl sites for hydroxylation is 2. The highest BCUT2D eigenvalue weighted by Gasteiger charge is 2.37. The third kappa shape index (κ3) is 3.31. The summed E-state index contributed by atoms with van der Waals surface area (Å²) < 4.78 is 39.0. The second-order valence-corrected chi connectivity index (χ2v) is 8.52. The number of benzene rings is 2. The fourth-order valence-electron chi connectivity index (χ4n) is 3.45. The van der Waals surface area contributed by atoms with Gasteiger partial charge in [-0.25, -0.2) is 8.42 Å². The number of hydrogen-bond acceptors (Lipinski definition) is 4. The van der Waals surface area contributed by atoms with Gasteiger partial charge >= 0.3 is 0 Å². The normalized spacial score (nSPS) is 18.1. The fourth-order valence-corrected chi connectivity index (χ4v) is 5.21. The number of methoxy groups -OCH3 is 2. The first-order valence-corrected chi connectivity index (χ1v) is 10.1. The van der Waals surface area contributed by atoms with Crippen molar-refractivity contribution >= 4 is 10.0 Å². The molecule has 1 aliphatic rings. The van der Waals surface area contributed by atoms with Crippen LogP contribution in [-0.4, -0.2) is 33.5 Å². The first kappa shape index (κ1) is 18.7. The predicted octanol–water partition coefficient (Wildman–Crippen LogP) is 3.85. The van der Waals surface area contributed by atoms with E-state index in [2.05, 4.69) is 0 Å². The molecule has 5 nitrogen and oxygen atoms in total. The van der Waals surface area contributed by atoms with Gasteiger partial charge in [0.1, 0.15) is 11.5 Å². The number of rotatable bonds is 5. The monoisotopic (exact) mass is 375 g/mol. The van der Waals surface area contributed by atoms with Gasteiger partial charge in [0.05, 0.1) is 25.2 Å². The van der Waals surface area contributed by atoms with Crippen LogP contribution < -0.4 is 9.47 Å². The predicted molar refractivity (Wildman–Crippen MR) is 101 cm³/mol. The van der Waals surface area contributed by atoms with E-state index in [1.165, 1.54) is 0 Å². The van der Waals surface area contributed by atoms with E-state index in [4.69, 9.17) is 9.47 Å². The van der Waals surface area contributed by atoms with Gasteiger partial charge in [-0.1, -0.05) is 6.07 Å². The van der Waals surface area contributed by atoms with E-state index < -0.39 is 10.0 Å². The minimum Gasteiger partial charge on any atom is -0.497 e. The van der Waals surface area contributed by atoms with Gasteiger partial charge in [0.15, 0.2) is 0 Å². The Morgan fingerprint density at radius 3 is 2.42 bits per heavy atom. The highest BCUT2D eigenvalue weighted by Crippen LogP contribution is 2.41. The molecule has 1 saturated heterocycles. The second kappa shape index (κ2) is 7.29. The van der Waals surface area contributed by atoms with Crippen LogP contribution >= 0.6 is 0 Å². The Morgan fingerprint density at radius 2 is 1.77 bits per heavy atom. The average Bonchev–Trinajstić information content (AvgIpc) is 3.13. The van der Waals surface area contributed by atoms with E-state index in [-0.39, 0.29) is 6.04 Å². The van der Waals surface area contributed by atoms with Crippen LogP contribution in [0.2, 0.25) is 0 Å². The Labute approximate surface area is 155 Å². The Kier molecular flexibility index (Phi) is 5.25. The number of sulfonamides is 1. The van der Waals surface area contributed by atoms with Gasteiger partial charge in [-0.2, -0.15) is 4.31 Å². The molecule has 0 aromatic heterocycles. The van der Waals surface area contributed by atoms with Gasteiger partial charge in [0.2, 0.25) is 10.0 Å². The van der Waals surface area contributed by atoms with Crippen LogP contribution in [0.15, 0.2) is 41.3 Å². The molecule has 2 aromatic carbocycles. The van der Waals surface area contributed by atoms with E-state index in [9.17, 15) is 8.42 Å². The van der Waals surface area contributed by atoms with Gasteiger partial charge in [-0.05, 0) is 68.1 Å². The lowest BCUT2D eigenvalue weighted by molar-refractivity contribution is 0.361. The van der Waals surface area contributed by atoms with Gasteiger partial charge in [0, 0.05) is 12.1 Å². The zero-order valence-electron chi connectivity index (χ0n) is 15.7. The lowest BCUT2D eigenvalue weighted by atomic mass is 10.0. The molecule has 1 aliphatic heterocycles. The minimum atomic E-state index is -3.58. The molecule has 26 heavy (non-hydrogen) atoms. The van der Waals surface area contributed by atoms with Crippen LogP contribution in [0.25, 0.3) is 0 Å². The van der Waals surface area contributed by atoms with Crippen LogP contribution in [0.1, 0.15) is 35.6 Å². The fraction of sp³-hybridized carbons (Fsp3) is 0.400. The molecule has 140 valence electrons. The molecule has 0 aliphatic carbocycles. The summed E-state index contributed by atoms with van der Waals surface area (Å²) in [6.07, 6.45) is 1.57. The Hall–Kier alpha value is -2.05. The Balaban J connectivity index is 2.04. The molecule has 0 bridgehead atoms. The van der Waals surface area contributed by atoms with E-state index in [0.717, 1.165) is 29.5 Å². The second-order valence-electron chi connectivity index (χ2n) is 6.63. The topological polar surface area (TPSA) is 55.8 Å². The molecule has 6 heteroatoms. The molecule has 2 aromatic rings. The molecule has 1 fully saturated rings. The van der Waals surface area contributed by atoms with Crippen molar-refractivity contribution in [3.05, 3.63) is 53.1 Å². The maximum Gasteiger partial charge on any atom is 0.243 e. The largest absolute Gasteiger partial charge is 0.497 e. The van der Waals surface area contributed by atoms with E-state index in [1.807, 2.05) is 38.1 Å². The van der Waals surface area contributed by atoms with Crippen molar-refractivity contribution in [2.24, 2.45) is 0 Å². The van der Waals surface area contributed by atoms with E-state index in [0.29, 0.717) is 22.9 Å². The molecule has 1 heterocycles. The van der Waals surface area contributed by atoms with Gasteiger partial charge in [0.25, 0.3) is 0 Å². The lowest BCUT2D eigenvalue weighted by Gasteiger charge is -2.26. The van der Waals surface area contributed by atoms with Gasteiger partial charge in [-0.3, -0.25) is 0 Å². The molecule has 3 rings (SSSR count). The molecule has 1 atom stereocenters. The minimum absolute atomic E-state index is 0.258. The van der Waals surface area contributed by atoms with Crippen LogP contribution in [0, 0.1) is 13.8 Å². The van der Waals surface area contributed by atoms with E-state index >= 15 is 0 Å². The molecule has 0 spiro atoms. The van der Waals surface area contributed by atoms with Crippen molar-refractivity contribution in [3.8, 4) is 11.5 Å². The highest BCUT2D eigenvalue weighted by atomic mass is 32.2. The summed E-state index contributed by atoms with van der Waals surface area (Å²) in [6.45, 7) is 4.41. The van der Waals surface area contributed by atoms with Gasteiger partial charge < -0.3 is 9.47 Å². The van der Waals surface area contributed by atoms with Crippen molar-refractivity contribution in [1.82, 2.24) is 4.31 Å². The summed E-state index contributed by atoms with van der Waals surface area (Å²) in [6, 6.07) is 10.6. The first-order valence-electron chi connectivity index (χ1n) is 8.69. The van der Waals surface area contributed by atoms with Crippen LogP contribution in [0.3, 0.4) is 0 Å². The molecular weight excluding hydrogens is 350 g/mol. The maximum atomic E-state index is 13.3. The molecule has 0 saturated carbocycles. The third-order valence-corrected chi connectivity index (χ3v) is 6.99. The molecule has 0 radical (unpaired) electrons. The average molecular weight is 375 g/mol. The summed E-state index contributed by atoms with van der Waals surface area (Å²) in [5, 5.41) is 0. The maximum absolute atomic E-state index is 13.3. The van der Waals surface area contributed by atoms with Crippen molar-refractivity contribution in [2.45, 2.75) is 37.6 Å². The van der Waals surface area contributed by atoms with Crippen molar-refractivity contribution in [3.63, 3.8) is 0 Å². The summed E-state index contributed by atoms with van der Waals surface area (Å²) in [5.74, 6) is 1.37. The summed E-state index contributed by atoms with van der Waals surface area (Å²) in [5.41, 5.74) is 2.90. The zero-order valence-corrected chi connectivity index (χ0v) is 16.5. The quantitative estimate of drug-likeness (QED) is 0.797. The molecule has 0 amide bonds. The molecular formula is C20H25NO4S. The van der Waals surface area contributed by atoms with Crippen LogP contribution in [0.4, 0.5) is 0 Å². The van der Waals surface area contributed by atoms with E-state index in [1.54, 1.807) is 30.7 Å². The number of ether oxygens (including phenoxy) is 2. The number of nitrogens with zero attached hydrogens (tertiary/aromatic N) is 1. The van der Waals surface area contributed by atoms with Crippen LogP contribution in [0.5, 0.6) is 11.5 Å². The SMILES string of the molecule is COc1ccc(OC)c(C2CCCN2S(=O)(=O)c2ccc(C)c(C)c2)c1. The summed E-state index contributed by atoms with van der Waals surface area (Å²) in [4.78, 5) is 0.342. The third-order valence-electron chi connectivity index (χ3n) is 5.08. The Bertz CT molecular complexity index is 908. The lowest BCUT2D eigenvalue weighted by Crippen LogP contribution is -2.31. The highest BCUT2D eigenvalue weighted by molar-refractivity contribution is 7.89. The van der Waals surface area contributed by atoms with Crippen LogP contribution in [-0.2, 0) is 10.0 Å². The Morgan fingerprint density at radius 1 is 1.00 bits per heavy atom. The smallest absolute Gasteiger partial charge is 0.243 e. The summed E-state index contributed by atoms with van der Waals surface area (Å²) >= 11 is 0. The van der Waals surface area contributed by atoms with Crippen molar-refractivity contribution in [1.29, 1.82) is 0 Å². The first-order chi connectivity index (χ1) is 12.4. The standard InChI is InChI=1S/C20H25NO4S/c1-14-7-9-17(12-15(14)2)26(22,23)21-11-5-6-19(21)18-13-16(24-3)8-10-20(18)25-4/h7-10,12-13,19H,5-6,11H2,1-4H3. The zero-order chi connectivity index (χ0) is 18.9. The number of hydrogen-bond donors (Lipinski definition) is 0. The summed E-state index contributed by atoms with van der Waals surface area (Å²) in [7, 11) is -0.382. The molecule has 1 unspecified atom stereocenters. The van der Waals surface area contributed by atoms with Crippen molar-refractivity contribution < 1.29 is 17.9 Å². The molecule has 0 N–H and O–H groups in total.